The maximum atomic E-state index is 8.88. The third kappa shape index (κ3) is 3.09. The molecule has 0 radical (unpaired) electrons. The van der Waals surface area contributed by atoms with Crippen LogP contribution in [0.2, 0.25) is 0 Å². The van der Waals surface area contributed by atoms with Gasteiger partial charge in [-0.2, -0.15) is 5.26 Å². The Morgan fingerprint density at radius 3 is 2.68 bits per heavy atom. The minimum absolute atomic E-state index is 0.0993. The number of nitrogens with zero attached hydrogens (tertiary/aromatic N) is 2. The van der Waals surface area contributed by atoms with Gasteiger partial charge in [0.25, 0.3) is 0 Å². The maximum absolute atomic E-state index is 8.88. The Labute approximate surface area is 112 Å². The van der Waals surface area contributed by atoms with Crippen LogP contribution in [0.25, 0.3) is 0 Å². The number of benzene rings is 1. The summed E-state index contributed by atoms with van der Waals surface area (Å²) in [6.07, 6.45) is 1.64. The molecule has 0 aliphatic heterocycles. The molecule has 0 bridgehead atoms. The number of hydrogen-bond acceptors (Lipinski definition) is 4. The van der Waals surface area contributed by atoms with Crippen molar-refractivity contribution in [2.45, 2.75) is 19.9 Å². The molecule has 0 aliphatic carbocycles. The van der Waals surface area contributed by atoms with Gasteiger partial charge in [-0.3, -0.25) is 4.98 Å². The van der Waals surface area contributed by atoms with Crippen molar-refractivity contribution in [3.05, 3.63) is 53.3 Å². The zero-order valence-corrected chi connectivity index (χ0v) is 10.9. The fourth-order valence-corrected chi connectivity index (χ4v) is 1.63. The maximum Gasteiger partial charge on any atom is 0.145 e. The molecule has 1 atom stereocenters. The summed E-state index contributed by atoms with van der Waals surface area (Å²) in [6, 6.07) is 11.0. The fourth-order valence-electron chi connectivity index (χ4n) is 1.63. The zero-order valence-electron chi connectivity index (χ0n) is 10.9. The van der Waals surface area contributed by atoms with Crippen LogP contribution in [0.1, 0.15) is 29.8 Å². The first kappa shape index (κ1) is 13.1. The van der Waals surface area contributed by atoms with Crippen molar-refractivity contribution in [1.29, 1.82) is 5.26 Å². The highest BCUT2D eigenvalue weighted by Gasteiger charge is 2.05. The monoisotopic (exact) mass is 253 g/mol. The van der Waals surface area contributed by atoms with E-state index in [0.29, 0.717) is 17.1 Å². The highest BCUT2D eigenvalue weighted by molar-refractivity contribution is 5.43. The quantitative estimate of drug-likeness (QED) is 0.912. The van der Waals surface area contributed by atoms with E-state index in [1.54, 1.807) is 18.3 Å². The highest BCUT2D eigenvalue weighted by atomic mass is 16.5. The van der Waals surface area contributed by atoms with Crippen LogP contribution < -0.4 is 10.5 Å². The Balaban J connectivity index is 2.24. The third-order valence-corrected chi connectivity index (χ3v) is 2.77. The second-order valence-electron chi connectivity index (χ2n) is 4.40. The predicted octanol–water partition coefficient (Wildman–Crippen LogP) is 3.07. The smallest absolute Gasteiger partial charge is 0.145 e. The van der Waals surface area contributed by atoms with Crippen LogP contribution in [0.15, 0.2) is 36.5 Å². The van der Waals surface area contributed by atoms with E-state index in [0.717, 1.165) is 11.3 Å². The van der Waals surface area contributed by atoms with Gasteiger partial charge in [0.1, 0.15) is 11.5 Å². The van der Waals surface area contributed by atoms with Gasteiger partial charge in [-0.05, 0) is 43.7 Å². The van der Waals surface area contributed by atoms with Crippen molar-refractivity contribution in [3.63, 3.8) is 0 Å². The summed E-state index contributed by atoms with van der Waals surface area (Å²) in [6.45, 7) is 3.81. The molecule has 4 heteroatoms. The van der Waals surface area contributed by atoms with Crippen molar-refractivity contribution < 1.29 is 4.74 Å². The van der Waals surface area contributed by atoms with Gasteiger partial charge >= 0.3 is 0 Å². The van der Waals surface area contributed by atoms with Crippen LogP contribution >= 0.6 is 0 Å². The van der Waals surface area contributed by atoms with Crippen molar-refractivity contribution in [1.82, 2.24) is 4.98 Å². The van der Waals surface area contributed by atoms with E-state index in [-0.39, 0.29) is 6.04 Å². The molecule has 1 aromatic carbocycles. The molecule has 19 heavy (non-hydrogen) atoms. The number of rotatable bonds is 3. The summed E-state index contributed by atoms with van der Waals surface area (Å²) in [5.41, 5.74) is 8.09. The standard InChI is InChI=1S/C15H15N3O/c1-10-3-4-12(8-16)7-15(10)19-13-5-6-14(11(2)17)18-9-13/h3-7,9,11H,17H2,1-2H3/t11-/m1/s1. The van der Waals surface area contributed by atoms with Gasteiger partial charge in [-0.15, -0.1) is 0 Å². The van der Waals surface area contributed by atoms with Gasteiger partial charge in [0.2, 0.25) is 0 Å². The number of nitrogens with two attached hydrogens (primary N) is 1. The third-order valence-electron chi connectivity index (χ3n) is 2.77. The van der Waals surface area contributed by atoms with E-state index in [9.17, 15) is 0 Å². The molecule has 4 nitrogen and oxygen atoms in total. The topological polar surface area (TPSA) is 71.9 Å². The molecule has 0 aliphatic rings. The minimum Gasteiger partial charge on any atom is -0.455 e. The molecule has 1 heterocycles. The molecule has 0 fully saturated rings. The van der Waals surface area contributed by atoms with Crippen LogP contribution in [-0.4, -0.2) is 4.98 Å². The van der Waals surface area contributed by atoms with Gasteiger partial charge in [0, 0.05) is 6.04 Å². The zero-order chi connectivity index (χ0) is 13.8. The normalized spacial score (nSPS) is 11.7. The number of aromatic nitrogens is 1. The molecule has 2 rings (SSSR count). The molecule has 0 saturated carbocycles. The van der Waals surface area contributed by atoms with Crippen LogP contribution in [0.4, 0.5) is 0 Å². The second-order valence-corrected chi connectivity index (χ2v) is 4.40. The van der Waals surface area contributed by atoms with E-state index in [1.165, 1.54) is 0 Å². The van der Waals surface area contributed by atoms with Crippen LogP contribution in [0.3, 0.4) is 0 Å². The number of pyridine rings is 1. The lowest BCUT2D eigenvalue weighted by Gasteiger charge is -2.10. The second kappa shape index (κ2) is 5.51. The SMILES string of the molecule is Cc1ccc(C#N)cc1Oc1ccc([C@@H](C)N)nc1. The summed E-state index contributed by atoms with van der Waals surface area (Å²) in [5.74, 6) is 1.29. The van der Waals surface area contributed by atoms with E-state index < -0.39 is 0 Å². The molecule has 0 amide bonds. The first-order valence-electron chi connectivity index (χ1n) is 6.00. The van der Waals surface area contributed by atoms with Gasteiger partial charge in [0.05, 0.1) is 23.5 Å². The molecule has 0 saturated heterocycles. The van der Waals surface area contributed by atoms with Gasteiger partial charge in [0.15, 0.2) is 0 Å². The van der Waals surface area contributed by atoms with Crippen molar-refractivity contribution in [2.75, 3.05) is 0 Å². The fraction of sp³-hybridized carbons (Fsp3) is 0.200. The van der Waals surface area contributed by atoms with Gasteiger partial charge < -0.3 is 10.5 Å². The number of nitriles is 1. The summed E-state index contributed by atoms with van der Waals surface area (Å²) < 4.78 is 5.73. The van der Waals surface area contributed by atoms with Crippen molar-refractivity contribution in [2.24, 2.45) is 5.73 Å². The lowest BCUT2D eigenvalue weighted by Crippen LogP contribution is -2.06. The number of aryl methyl sites for hydroxylation is 1. The average molecular weight is 253 g/mol. The summed E-state index contributed by atoms with van der Waals surface area (Å²) >= 11 is 0. The Hall–Kier alpha value is -2.38. The van der Waals surface area contributed by atoms with E-state index in [4.69, 9.17) is 15.7 Å². The molecule has 96 valence electrons. The molecule has 2 N–H and O–H groups in total. The predicted molar refractivity (Wildman–Crippen MR) is 72.8 cm³/mol. The number of hydrogen-bond donors (Lipinski definition) is 1. The molecule has 0 unspecified atom stereocenters. The first-order valence-corrected chi connectivity index (χ1v) is 6.00. The van der Waals surface area contributed by atoms with Crippen LogP contribution in [-0.2, 0) is 0 Å². The Bertz CT molecular complexity index is 612. The van der Waals surface area contributed by atoms with Crippen molar-refractivity contribution >= 4 is 0 Å². The molecular formula is C15H15N3O. The Morgan fingerprint density at radius 1 is 1.32 bits per heavy atom. The molecule has 1 aromatic heterocycles. The van der Waals surface area contributed by atoms with Crippen LogP contribution in [0, 0.1) is 18.3 Å². The Kier molecular flexibility index (Phi) is 3.79. The summed E-state index contributed by atoms with van der Waals surface area (Å²) in [4.78, 5) is 4.23. The van der Waals surface area contributed by atoms with E-state index in [1.807, 2.05) is 32.0 Å². The average Bonchev–Trinajstić information content (AvgIpc) is 2.42. The molecular weight excluding hydrogens is 238 g/mol. The summed E-state index contributed by atoms with van der Waals surface area (Å²) in [7, 11) is 0. The van der Waals surface area contributed by atoms with E-state index in [2.05, 4.69) is 11.1 Å². The lowest BCUT2D eigenvalue weighted by molar-refractivity contribution is 0.475. The summed E-state index contributed by atoms with van der Waals surface area (Å²) in [5, 5.41) is 8.88. The molecule has 0 spiro atoms. The largest absolute Gasteiger partial charge is 0.455 e. The Morgan fingerprint density at radius 2 is 2.11 bits per heavy atom. The molecule has 2 aromatic rings. The minimum atomic E-state index is -0.0993. The first-order chi connectivity index (χ1) is 9.10. The van der Waals surface area contributed by atoms with Gasteiger partial charge in [-0.1, -0.05) is 6.07 Å². The van der Waals surface area contributed by atoms with E-state index >= 15 is 0 Å². The number of ether oxygens (including phenoxy) is 1. The van der Waals surface area contributed by atoms with Crippen LogP contribution in [0.5, 0.6) is 11.5 Å². The van der Waals surface area contributed by atoms with Crippen molar-refractivity contribution in [3.8, 4) is 17.6 Å². The van der Waals surface area contributed by atoms with Gasteiger partial charge in [-0.25, -0.2) is 0 Å². The highest BCUT2D eigenvalue weighted by Crippen LogP contribution is 2.25. The lowest BCUT2D eigenvalue weighted by atomic mass is 10.1.